The highest BCUT2D eigenvalue weighted by Gasteiger charge is 2.20. The number of methoxy groups -OCH3 is 2. The Kier molecular flexibility index (Phi) is 5.99. The molecule has 0 radical (unpaired) electrons. The minimum Gasteiger partial charge on any atom is -0.496 e. The fourth-order valence-electron chi connectivity index (χ4n) is 3.67. The van der Waals surface area contributed by atoms with Crippen LogP contribution < -0.4 is 20.5 Å². The number of ether oxygens (including phenoxy) is 2. The van der Waals surface area contributed by atoms with E-state index in [0.717, 1.165) is 27.8 Å². The molecule has 2 aromatic heterocycles. The summed E-state index contributed by atoms with van der Waals surface area (Å²) in [4.78, 5) is 28.2. The van der Waals surface area contributed by atoms with Gasteiger partial charge in [-0.25, -0.2) is 4.98 Å². The summed E-state index contributed by atoms with van der Waals surface area (Å²) in [5, 5.41) is 6.95. The number of amides is 2. The van der Waals surface area contributed by atoms with E-state index in [-0.39, 0.29) is 12.5 Å². The molecule has 0 bridgehead atoms. The lowest BCUT2D eigenvalue weighted by molar-refractivity contribution is -0.118. The van der Waals surface area contributed by atoms with Crippen molar-refractivity contribution >= 4 is 22.8 Å². The number of rotatable bonds is 8. The van der Waals surface area contributed by atoms with Gasteiger partial charge in [0, 0.05) is 30.4 Å². The lowest BCUT2D eigenvalue weighted by Gasteiger charge is -2.15. The summed E-state index contributed by atoms with van der Waals surface area (Å²) in [6.07, 6.45) is 5.14. The highest BCUT2D eigenvalue weighted by atomic mass is 16.5. The topological polar surface area (TPSA) is 126 Å². The maximum absolute atomic E-state index is 12.5. The van der Waals surface area contributed by atoms with Crippen molar-refractivity contribution in [3.05, 3.63) is 54.6 Å². The first kappa shape index (κ1) is 21.9. The molecule has 0 saturated heterocycles. The number of benzene rings is 2. The average Bonchev–Trinajstić information content (AvgIpc) is 3.44. The number of hydrogen-bond acceptors (Lipinski definition) is 6. The fourth-order valence-corrected chi connectivity index (χ4v) is 3.67. The smallest absolute Gasteiger partial charge is 0.258 e. The van der Waals surface area contributed by atoms with Crippen molar-refractivity contribution in [3.8, 4) is 28.3 Å². The van der Waals surface area contributed by atoms with E-state index in [1.807, 2.05) is 29.7 Å². The van der Waals surface area contributed by atoms with Gasteiger partial charge in [0.2, 0.25) is 5.91 Å². The zero-order valence-corrected chi connectivity index (χ0v) is 18.5. The van der Waals surface area contributed by atoms with Gasteiger partial charge < -0.3 is 20.5 Å². The molecule has 10 heteroatoms. The second-order valence-electron chi connectivity index (χ2n) is 7.30. The maximum Gasteiger partial charge on any atom is 0.258 e. The Morgan fingerprint density at radius 2 is 1.82 bits per heavy atom. The van der Waals surface area contributed by atoms with Crippen LogP contribution in [-0.4, -0.2) is 51.9 Å². The summed E-state index contributed by atoms with van der Waals surface area (Å²) in [7, 11) is 3.02. The van der Waals surface area contributed by atoms with Gasteiger partial charge in [-0.3, -0.25) is 18.8 Å². The number of nitrogens with one attached hydrogen (secondary N) is 1. The van der Waals surface area contributed by atoms with Gasteiger partial charge in [-0.05, 0) is 24.6 Å². The number of nitrogens with two attached hydrogens (primary N) is 1. The molecule has 2 amide bonds. The van der Waals surface area contributed by atoms with E-state index in [1.54, 1.807) is 30.9 Å². The molecule has 4 aromatic rings. The van der Waals surface area contributed by atoms with Crippen LogP contribution >= 0.6 is 0 Å². The number of primary amides is 1. The molecule has 2 aromatic carbocycles. The number of nitrogens with zero attached hydrogens (tertiary/aromatic N) is 4. The second-order valence-corrected chi connectivity index (χ2v) is 7.30. The zero-order chi connectivity index (χ0) is 23.5. The lowest BCUT2D eigenvalue weighted by Crippen LogP contribution is -2.24. The Balaban J connectivity index is 1.74. The van der Waals surface area contributed by atoms with Crippen LogP contribution in [0.25, 0.3) is 27.8 Å². The summed E-state index contributed by atoms with van der Waals surface area (Å²) in [6.45, 7) is 2.36. The van der Waals surface area contributed by atoms with Crippen LogP contribution in [-0.2, 0) is 11.3 Å². The van der Waals surface area contributed by atoms with Crippen LogP contribution in [0.2, 0.25) is 0 Å². The van der Waals surface area contributed by atoms with Crippen molar-refractivity contribution in [2.75, 3.05) is 20.8 Å². The van der Waals surface area contributed by atoms with Crippen LogP contribution in [0, 0.1) is 0 Å². The molecule has 2 heterocycles. The summed E-state index contributed by atoms with van der Waals surface area (Å²) in [6, 6.07) is 9.38. The summed E-state index contributed by atoms with van der Waals surface area (Å²) >= 11 is 0. The molecule has 0 unspecified atom stereocenters. The number of hydrogen-bond donors (Lipinski definition) is 2. The Morgan fingerprint density at radius 3 is 2.45 bits per heavy atom. The van der Waals surface area contributed by atoms with Crippen LogP contribution in [0.15, 0.2) is 49.1 Å². The van der Waals surface area contributed by atoms with Crippen LogP contribution in [0.1, 0.15) is 17.3 Å². The first-order chi connectivity index (χ1) is 15.9. The molecule has 0 fully saturated rings. The van der Waals surface area contributed by atoms with Gasteiger partial charge in [0.25, 0.3) is 5.91 Å². The van der Waals surface area contributed by atoms with E-state index >= 15 is 0 Å². The van der Waals surface area contributed by atoms with Crippen LogP contribution in [0.5, 0.6) is 11.5 Å². The van der Waals surface area contributed by atoms with E-state index in [4.69, 9.17) is 15.2 Å². The van der Waals surface area contributed by atoms with E-state index in [0.29, 0.717) is 23.6 Å². The number of fused-ring (bicyclic) bond motifs is 1. The number of aromatic nitrogens is 4. The van der Waals surface area contributed by atoms with Gasteiger partial charge in [-0.15, -0.1) is 0 Å². The van der Waals surface area contributed by atoms with Gasteiger partial charge in [0.1, 0.15) is 29.9 Å². The second kappa shape index (κ2) is 9.03. The molecule has 0 aliphatic carbocycles. The normalized spacial score (nSPS) is 10.9. The van der Waals surface area contributed by atoms with Crippen molar-refractivity contribution in [1.29, 1.82) is 0 Å². The van der Waals surface area contributed by atoms with Crippen LogP contribution in [0.3, 0.4) is 0 Å². The Bertz CT molecular complexity index is 1310. The SMILES string of the molecule is CCNC(=O)c1c(OC)cc(-n2cnc3cc(-c4cnn(CC(N)=O)c4)ccc32)cc1OC. The maximum atomic E-state index is 12.5. The third-order valence-corrected chi connectivity index (χ3v) is 5.16. The van der Waals surface area contributed by atoms with E-state index in [9.17, 15) is 9.59 Å². The highest BCUT2D eigenvalue weighted by molar-refractivity contribution is 6.00. The van der Waals surface area contributed by atoms with Crippen molar-refractivity contribution in [2.45, 2.75) is 13.5 Å². The molecule has 4 rings (SSSR count). The largest absolute Gasteiger partial charge is 0.496 e. The quantitative estimate of drug-likeness (QED) is 0.425. The van der Waals surface area contributed by atoms with Crippen LogP contribution in [0.4, 0.5) is 0 Å². The zero-order valence-electron chi connectivity index (χ0n) is 18.5. The third kappa shape index (κ3) is 4.22. The van der Waals surface area contributed by atoms with Gasteiger partial charge in [-0.1, -0.05) is 6.07 Å². The molecule has 0 saturated carbocycles. The average molecular weight is 448 g/mol. The molecule has 3 N–H and O–H groups in total. The molecule has 33 heavy (non-hydrogen) atoms. The van der Waals surface area contributed by atoms with E-state index in [2.05, 4.69) is 15.4 Å². The van der Waals surface area contributed by atoms with Crippen molar-refractivity contribution in [2.24, 2.45) is 5.73 Å². The summed E-state index contributed by atoms with van der Waals surface area (Å²) < 4.78 is 14.4. The highest BCUT2D eigenvalue weighted by Crippen LogP contribution is 2.34. The first-order valence-electron chi connectivity index (χ1n) is 10.3. The van der Waals surface area contributed by atoms with Crippen molar-refractivity contribution in [1.82, 2.24) is 24.6 Å². The van der Waals surface area contributed by atoms with E-state index in [1.165, 1.54) is 18.9 Å². The van der Waals surface area contributed by atoms with E-state index < -0.39 is 5.91 Å². The minimum atomic E-state index is -0.456. The molecular weight excluding hydrogens is 424 g/mol. The van der Waals surface area contributed by atoms with Crippen molar-refractivity contribution in [3.63, 3.8) is 0 Å². The molecule has 0 aliphatic heterocycles. The summed E-state index contributed by atoms with van der Waals surface area (Å²) in [5.41, 5.74) is 9.69. The number of carbonyl (C=O) groups excluding carboxylic acids is 2. The first-order valence-corrected chi connectivity index (χ1v) is 10.3. The molecule has 0 aliphatic rings. The standard InChI is InChI=1S/C23H24N6O4/c1-4-25-23(31)22-19(32-2)8-16(9-20(22)33-3)29-13-26-17-7-14(5-6-18(17)29)15-10-27-28(11-15)12-21(24)30/h5-11,13H,4,12H2,1-3H3,(H2,24,30)(H,25,31). The molecular formula is C23H24N6O4. The Labute approximate surface area is 189 Å². The number of imidazole rings is 1. The molecule has 10 nitrogen and oxygen atoms in total. The van der Waals surface area contributed by atoms with Gasteiger partial charge in [0.05, 0.1) is 37.1 Å². The third-order valence-electron chi connectivity index (χ3n) is 5.16. The fraction of sp³-hybridized carbons (Fsp3) is 0.217. The monoisotopic (exact) mass is 448 g/mol. The molecule has 0 atom stereocenters. The van der Waals surface area contributed by atoms with Gasteiger partial charge >= 0.3 is 0 Å². The molecule has 170 valence electrons. The predicted molar refractivity (Wildman–Crippen MR) is 123 cm³/mol. The predicted octanol–water partition coefficient (Wildman–Crippen LogP) is 2.14. The Hall–Kier alpha value is -4.34. The summed E-state index contributed by atoms with van der Waals surface area (Å²) in [5.74, 6) is 0.0731. The van der Waals surface area contributed by atoms with Crippen molar-refractivity contribution < 1.29 is 19.1 Å². The van der Waals surface area contributed by atoms with Gasteiger partial charge in [-0.2, -0.15) is 5.10 Å². The number of carbonyl (C=O) groups is 2. The minimum absolute atomic E-state index is 0.0206. The Morgan fingerprint density at radius 1 is 1.09 bits per heavy atom. The lowest BCUT2D eigenvalue weighted by atomic mass is 10.1. The van der Waals surface area contributed by atoms with Gasteiger partial charge in [0.15, 0.2) is 0 Å². The molecule has 0 spiro atoms.